The second kappa shape index (κ2) is 2.71. The first-order valence-electron chi connectivity index (χ1n) is 2.73. The summed E-state index contributed by atoms with van der Waals surface area (Å²) in [5, 5.41) is 16.3. The van der Waals surface area contributed by atoms with Gasteiger partial charge in [0, 0.05) is 6.21 Å². The SMILES string of the molecule is N=Cc1c(O)cccc1Cl. The third-order valence-corrected chi connectivity index (χ3v) is 1.50. The normalized spacial score (nSPS) is 9.30. The molecule has 0 aliphatic rings. The number of hydrogen-bond donors (Lipinski definition) is 2. The number of benzene rings is 1. The molecule has 0 radical (unpaired) electrons. The van der Waals surface area contributed by atoms with E-state index >= 15 is 0 Å². The lowest BCUT2D eigenvalue weighted by atomic mass is 10.2. The molecule has 2 nitrogen and oxygen atoms in total. The highest BCUT2D eigenvalue weighted by Crippen LogP contribution is 2.22. The van der Waals surface area contributed by atoms with Gasteiger partial charge in [-0.2, -0.15) is 0 Å². The van der Waals surface area contributed by atoms with Gasteiger partial charge in [-0.1, -0.05) is 17.7 Å². The summed E-state index contributed by atoms with van der Waals surface area (Å²) in [7, 11) is 0. The molecule has 3 heteroatoms. The molecule has 0 saturated carbocycles. The van der Waals surface area contributed by atoms with Gasteiger partial charge in [-0.3, -0.25) is 0 Å². The van der Waals surface area contributed by atoms with Gasteiger partial charge in [-0.05, 0) is 12.1 Å². The van der Waals surface area contributed by atoms with Crippen LogP contribution >= 0.6 is 11.6 Å². The van der Waals surface area contributed by atoms with Crippen LogP contribution in [-0.4, -0.2) is 11.3 Å². The number of phenolic OH excluding ortho intramolecular Hbond substituents is 1. The van der Waals surface area contributed by atoms with E-state index in [-0.39, 0.29) is 5.75 Å². The molecule has 0 aliphatic carbocycles. The van der Waals surface area contributed by atoms with Crippen molar-refractivity contribution in [2.24, 2.45) is 0 Å². The molecule has 2 N–H and O–H groups in total. The van der Waals surface area contributed by atoms with E-state index in [0.717, 1.165) is 6.21 Å². The lowest BCUT2D eigenvalue weighted by molar-refractivity contribution is 0.474. The van der Waals surface area contributed by atoms with Gasteiger partial charge in [0.25, 0.3) is 0 Å². The zero-order valence-corrected chi connectivity index (χ0v) is 5.89. The minimum absolute atomic E-state index is 0.0440. The molecule has 0 spiro atoms. The molecule has 0 saturated heterocycles. The molecule has 1 aromatic rings. The Balaban J connectivity index is 3.30. The molecule has 0 bridgehead atoms. The molecular formula is C7H6ClNO. The van der Waals surface area contributed by atoms with Crippen LogP contribution in [0.25, 0.3) is 0 Å². The average Bonchev–Trinajstić information content (AvgIpc) is 1.88. The van der Waals surface area contributed by atoms with Crippen LogP contribution in [0.3, 0.4) is 0 Å². The molecule has 0 atom stereocenters. The third-order valence-electron chi connectivity index (χ3n) is 1.17. The van der Waals surface area contributed by atoms with Crippen LogP contribution in [0.5, 0.6) is 5.75 Å². The van der Waals surface area contributed by atoms with Gasteiger partial charge in [0.05, 0.1) is 10.6 Å². The Morgan fingerprint density at radius 2 is 2.20 bits per heavy atom. The van der Waals surface area contributed by atoms with Gasteiger partial charge in [0.15, 0.2) is 0 Å². The molecule has 0 aromatic heterocycles. The second-order valence-corrected chi connectivity index (χ2v) is 2.22. The van der Waals surface area contributed by atoms with E-state index in [1.54, 1.807) is 12.1 Å². The largest absolute Gasteiger partial charge is 0.507 e. The first kappa shape index (κ1) is 7.09. The second-order valence-electron chi connectivity index (χ2n) is 1.82. The fraction of sp³-hybridized carbons (Fsp3) is 0. The van der Waals surface area contributed by atoms with E-state index in [2.05, 4.69) is 0 Å². The van der Waals surface area contributed by atoms with Gasteiger partial charge in [0.2, 0.25) is 0 Å². The van der Waals surface area contributed by atoms with E-state index in [4.69, 9.17) is 22.1 Å². The fourth-order valence-corrected chi connectivity index (χ4v) is 0.893. The van der Waals surface area contributed by atoms with Crippen molar-refractivity contribution in [3.05, 3.63) is 28.8 Å². The van der Waals surface area contributed by atoms with Gasteiger partial charge >= 0.3 is 0 Å². The summed E-state index contributed by atoms with van der Waals surface area (Å²) in [6, 6.07) is 4.75. The van der Waals surface area contributed by atoms with Crippen LogP contribution in [0.2, 0.25) is 5.02 Å². The molecule has 0 unspecified atom stereocenters. The zero-order chi connectivity index (χ0) is 7.56. The van der Waals surface area contributed by atoms with E-state index in [1.807, 2.05) is 0 Å². The molecule has 10 heavy (non-hydrogen) atoms. The summed E-state index contributed by atoms with van der Waals surface area (Å²) in [5.41, 5.74) is 0.365. The van der Waals surface area contributed by atoms with Crippen LogP contribution in [0.15, 0.2) is 18.2 Å². The first-order valence-corrected chi connectivity index (χ1v) is 3.11. The number of nitrogens with one attached hydrogen (secondary N) is 1. The van der Waals surface area contributed by atoms with Gasteiger partial charge < -0.3 is 10.5 Å². The summed E-state index contributed by atoms with van der Waals surface area (Å²) in [5.74, 6) is 0.0440. The zero-order valence-electron chi connectivity index (χ0n) is 5.13. The summed E-state index contributed by atoms with van der Waals surface area (Å²) in [6.45, 7) is 0. The maximum Gasteiger partial charge on any atom is 0.125 e. The van der Waals surface area contributed by atoms with Crippen molar-refractivity contribution in [1.29, 1.82) is 5.41 Å². The highest BCUT2D eigenvalue weighted by atomic mass is 35.5. The lowest BCUT2D eigenvalue weighted by Crippen LogP contribution is -1.81. The quantitative estimate of drug-likeness (QED) is 0.599. The Morgan fingerprint density at radius 3 is 2.60 bits per heavy atom. The van der Waals surface area contributed by atoms with E-state index < -0.39 is 0 Å². The van der Waals surface area contributed by atoms with Gasteiger partial charge in [0.1, 0.15) is 5.75 Å². The smallest absolute Gasteiger partial charge is 0.125 e. The predicted octanol–water partition coefficient (Wildman–Crippen LogP) is 2.04. The molecule has 0 amide bonds. The predicted molar refractivity (Wildman–Crippen MR) is 41.0 cm³/mol. The van der Waals surface area contributed by atoms with Gasteiger partial charge in [-0.15, -0.1) is 0 Å². The number of phenols is 1. The minimum atomic E-state index is 0.0440. The van der Waals surface area contributed by atoms with Crippen molar-refractivity contribution in [3.63, 3.8) is 0 Å². The summed E-state index contributed by atoms with van der Waals surface area (Å²) >= 11 is 5.62. The van der Waals surface area contributed by atoms with Crippen LogP contribution < -0.4 is 0 Å². The fourth-order valence-electron chi connectivity index (χ4n) is 0.669. The lowest BCUT2D eigenvalue weighted by Gasteiger charge is -1.97. The number of hydrogen-bond acceptors (Lipinski definition) is 2. The molecule has 0 heterocycles. The molecular weight excluding hydrogens is 150 g/mol. The Morgan fingerprint density at radius 1 is 1.50 bits per heavy atom. The van der Waals surface area contributed by atoms with Crippen LogP contribution in [-0.2, 0) is 0 Å². The summed E-state index contributed by atoms with van der Waals surface area (Å²) in [6.07, 6.45) is 1.03. The number of rotatable bonds is 1. The number of aromatic hydroxyl groups is 1. The summed E-state index contributed by atoms with van der Waals surface area (Å²) in [4.78, 5) is 0. The Kier molecular flexibility index (Phi) is 1.92. The van der Waals surface area contributed by atoms with Crippen LogP contribution in [0, 0.1) is 5.41 Å². The molecule has 52 valence electrons. The van der Waals surface area contributed by atoms with E-state index in [1.165, 1.54) is 6.07 Å². The van der Waals surface area contributed by atoms with Crippen LogP contribution in [0.4, 0.5) is 0 Å². The van der Waals surface area contributed by atoms with E-state index in [0.29, 0.717) is 10.6 Å². The summed E-state index contributed by atoms with van der Waals surface area (Å²) < 4.78 is 0. The molecule has 0 aliphatic heterocycles. The monoisotopic (exact) mass is 155 g/mol. The maximum absolute atomic E-state index is 9.06. The minimum Gasteiger partial charge on any atom is -0.507 e. The van der Waals surface area contributed by atoms with Crippen molar-refractivity contribution < 1.29 is 5.11 Å². The maximum atomic E-state index is 9.06. The first-order chi connectivity index (χ1) is 4.75. The standard InChI is InChI=1S/C7H6ClNO/c8-6-2-1-3-7(10)5(6)4-9/h1-4,9-10H. The van der Waals surface area contributed by atoms with Crippen molar-refractivity contribution in [1.82, 2.24) is 0 Å². The third kappa shape index (κ3) is 1.11. The van der Waals surface area contributed by atoms with Crippen molar-refractivity contribution in [2.75, 3.05) is 0 Å². The van der Waals surface area contributed by atoms with Crippen LogP contribution in [0.1, 0.15) is 5.56 Å². The molecule has 0 fully saturated rings. The Bertz CT molecular complexity index is 240. The topological polar surface area (TPSA) is 44.1 Å². The Labute approximate surface area is 63.6 Å². The highest BCUT2D eigenvalue weighted by Gasteiger charge is 2.00. The average molecular weight is 156 g/mol. The molecule has 1 aromatic carbocycles. The number of halogens is 1. The van der Waals surface area contributed by atoms with Crippen molar-refractivity contribution >= 4 is 17.8 Å². The highest BCUT2D eigenvalue weighted by molar-refractivity contribution is 6.33. The van der Waals surface area contributed by atoms with Gasteiger partial charge in [-0.25, -0.2) is 0 Å². The Hall–Kier alpha value is -1.02. The van der Waals surface area contributed by atoms with Crippen molar-refractivity contribution in [2.45, 2.75) is 0 Å². The van der Waals surface area contributed by atoms with E-state index in [9.17, 15) is 0 Å². The van der Waals surface area contributed by atoms with Crippen molar-refractivity contribution in [3.8, 4) is 5.75 Å². The molecule has 1 rings (SSSR count).